The first-order valence-corrected chi connectivity index (χ1v) is 9.30. The Morgan fingerprint density at radius 1 is 1.33 bits per heavy atom. The first-order valence-electron chi connectivity index (χ1n) is 9.30. The molecule has 2 heterocycles. The first-order chi connectivity index (χ1) is 13.0. The Kier molecular flexibility index (Phi) is 6.42. The van der Waals surface area contributed by atoms with Gasteiger partial charge in [0.05, 0.1) is 12.1 Å². The van der Waals surface area contributed by atoms with Crippen LogP contribution in [0.4, 0.5) is 0 Å². The van der Waals surface area contributed by atoms with Crippen molar-refractivity contribution in [2.75, 3.05) is 19.7 Å². The van der Waals surface area contributed by atoms with Crippen molar-refractivity contribution in [1.82, 2.24) is 15.2 Å². The van der Waals surface area contributed by atoms with E-state index in [1.165, 1.54) is 0 Å². The predicted molar refractivity (Wildman–Crippen MR) is 103 cm³/mol. The molecule has 6 nitrogen and oxygen atoms in total. The lowest BCUT2D eigenvalue weighted by Gasteiger charge is -2.36. The van der Waals surface area contributed by atoms with E-state index < -0.39 is 6.10 Å². The molecule has 1 aromatic heterocycles. The van der Waals surface area contributed by atoms with Gasteiger partial charge in [0, 0.05) is 32.0 Å². The molecule has 0 spiro atoms. The van der Waals surface area contributed by atoms with E-state index in [1.54, 1.807) is 6.20 Å². The summed E-state index contributed by atoms with van der Waals surface area (Å²) in [6.45, 7) is 6.03. The number of likely N-dealkylation sites (tertiary alicyclic amines) is 1. The number of nitrogens with one attached hydrogen (secondary N) is 1. The van der Waals surface area contributed by atoms with Crippen molar-refractivity contribution in [3.05, 3.63) is 59.4 Å². The van der Waals surface area contributed by atoms with Crippen molar-refractivity contribution in [3.8, 4) is 5.75 Å². The summed E-state index contributed by atoms with van der Waals surface area (Å²) in [5.74, 6) is 0.512. The summed E-state index contributed by atoms with van der Waals surface area (Å²) in [4.78, 5) is 18.5. The maximum Gasteiger partial charge on any atom is 0.258 e. The second kappa shape index (κ2) is 8.97. The van der Waals surface area contributed by atoms with Crippen LogP contribution in [0.25, 0.3) is 0 Å². The van der Waals surface area contributed by atoms with Crippen LogP contribution in [-0.4, -0.2) is 52.7 Å². The zero-order valence-electron chi connectivity index (χ0n) is 15.9. The molecule has 0 aliphatic carbocycles. The molecule has 6 heteroatoms. The van der Waals surface area contributed by atoms with E-state index in [1.807, 2.05) is 50.4 Å². The lowest BCUT2D eigenvalue weighted by atomic mass is 10.0. The number of nitrogens with zero attached hydrogens (tertiary/aromatic N) is 2. The molecule has 2 atom stereocenters. The van der Waals surface area contributed by atoms with Gasteiger partial charge < -0.3 is 15.2 Å². The molecule has 1 fully saturated rings. The highest BCUT2D eigenvalue weighted by Crippen LogP contribution is 2.20. The largest absolute Gasteiger partial charge is 0.483 e. The molecule has 2 aromatic rings. The SMILES string of the molecule is Cc1cccc(OCC(=O)N[C@@H]2CCN(Cc3cccnc3)C[C@H]2O)c1C. The number of aromatic nitrogens is 1. The molecule has 1 aromatic carbocycles. The molecule has 3 rings (SSSR count). The Morgan fingerprint density at radius 2 is 2.19 bits per heavy atom. The smallest absolute Gasteiger partial charge is 0.258 e. The van der Waals surface area contributed by atoms with Crippen LogP contribution in [0.2, 0.25) is 0 Å². The van der Waals surface area contributed by atoms with Crippen molar-refractivity contribution < 1.29 is 14.6 Å². The van der Waals surface area contributed by atoms with E-state index in [0.717, 1.165) is 35.5 Å². The number of carbonyl (C=O) groups is 1. The lowest BCUT2D eigenvalue weighted by Crippen LogP contribution is -2.54. The average molecular weight is 369 g/mol. The molecular formula is C21H27N3O3. The standard InChI is InChI=1S/C21H27N3O3/c1-15-5-3-7-20(16(15)2)27-14-21(26)23-18-8-10-24(13-19(18)25)12-17-6-4-9-22-11-17/h3-7,9,11,18-19,25H,8,10,12-14H2,1-2H3,(H,23,26)/t18-,19-/m1/s1. The van der Waals surface area contributed by atoms with Crippen LogP contribution in [0.1, 0.15) is 23.1 Å². The monoisotopic (exact) mass is 369 g/mol. The fourth-order valence-electron chi connectivity index (χ4n) is 3.33. The third kappa shape index (κ3) is 5.28. The Balaban J connectivity index is 1.45. The molecule has 1 saturated heterocycles. The summed E-state index contributed by atoms with van der Waals surface area (Å²) in [7, 11) is 0. The van der Waals surface area contributed by atoms with Gasteiger partial charge in [-0.25, -0.2) is 0 Å². The number of carbonyl (C=O) groups excluding carboxylic acids is 1. The molecule has 0 radical (unpaired) electrons. The van der Waals surface area contributed by atoms with E-state index in [2.05, 4.69) is 15.2 Å². The van der Waals surface area contributed by atoms with Gasteiger partial charge in [0.15, 0.2) is 6.61 Å². The number of ether oxygens (including phenoxy) is 1. The molecule has 0 bridgehead atoms. The fraction of sp³-hybridized carbons (Fsp3) is 0.429. The van der Waals surface area contributed by atoms with Gasteiger partial charge in [-0.15, -0.1) is 0 Å². The normalized spacial score (nSPS) is 20.3. The molecule has 0 saturated carbocycles. The van der Waals surface area contributed by atoms with Gasteiger partial charge in [0.2, 0.25) is 0 Å². The number of rotatable bonds is 6. The van der Waals surface area contributed by atoms with Crippen LogP contribution in [0.15, 0.2) is 42.7 Å². The molecule has 1 amide bonds. The number of β-amino-alcohol motifs (C(OH)–C–C–N with tert-alkyl or cyclic N) is 1. The van der Waals surface area contributed by atoms with Gasteiger partial charge in [-0.1, -0.05) is 18.2 Å². The number of amides is 1. The third-order valence-electron chi connectivity index (χ3n) is 5.06. The van der Waals surface area contributed by atoms with E-state index in [4.69, 9.17) is 4.74 Å². The van der Waals surface area contributed by atoms with Crippen LogP contribution >= 0.6 is 0 Å². The van der Waals surface area contributed by atoms with Gasteiger partial charge in [-0.05, 0) is 49.1 Å². The minimum atomic E-state index is -0.597. The van der Waals surface area contributed by atoms with Gasteiger partial charge >= 0.3 is 0 Å². The number of piperidine rings is 1. The maximum atomic E-state index is 12.2. The van der Waals surface area contributed by atoms with E-state index in [9.17, 15) is 9.90 Å². The quantitative estimate of drug-likeness (QED) is 0.813. The molecule has 27 heavy (non-hydrogen) atoms. The zero-order chi connectivity index (χ0) is 19.2. The van der Waals surface area contributed by atoms with Crippen LogP contribution in [-0.2, 0) is 11.3 Å². The minimum Gasteiger partial charge on any atom is -0.483 e. The number of aliphatic hydroxyl groups excluding tert-OH is 1. The van der Waals surface area contributed by atoms with Gasteiger partial charge in [0.25, 0.3) is 5.91 Å². The van der Waals surface area contributed by atoms with Gasteiger partial charge in [0.1, 0.15) is 5.75 Å². The van der Waals surface area contributed by atoms with Crippen LogP contribution < -0.4 is 10.1 Å². The number of hydrogen-bond donors (Lipinski definition) is 2. The summed E-state index contributed by atoms with van der Waals surface area (Å²) in [6.07, 6.45) is 3.70. The Labute approximate surface area is 160 Å². The minimum absolute atomic E-state index is 0.0487. The van der Waals surface area contributed by atoms with Gasteiger partial charge in [-0.2, -0.15) is 0 Å². The molecule has 2 N–H and O–H groups in total. The summed E-state index contributed by atoms with van der Waals surface area (Å²) in [5, 5.41) is 13.3. The van der Waals surface area contributed by atoms with Crippen molar-refractivity contribution >= 4 is 5.91 Å². The number of aryl methyl sites for hydroxylation is 1. The molecule has 144 valence electrons. The van der Waals surface area contributed by atoms with E-state index in [0.29, 0.717) is 13.0 Å². The Bertz CT molecular complexity index is 767. The predicted octanol–water partition coefficient (Wildman–Crippen LogP) is 1.83. The molecule has 1 aliphatic heterocycles. The van der Waals surface area contributed by atoms with E-state index in [-0.39, 0.29) is 18.6 Å². The summed E-state index contributed by atoms with van der Waals surface area (Å²) in [6, 6.07) is 9.48. The molecular weight excluding hydrogens is 342 g/mol. The van der Waals surface area contributed by atoms with Crippen LogP contribution in [0.3, 0.4) is 0 Å². The van der Waals surface area contributed by atoms with Crippen molar-refractivity contribution in [3.63, 3.8) is 0 Å². The molecule has 0 unspecified atom stereocenters. The number of hydrogen-bond acceptors (Lipinski definition) is 5. The molecule has 1 aliphatic rings. The van der Waals surface area contributed by atoms with Crippen molar-refractivity contribution in [2.45, 2.75) is 39.0 Å². The van der Waals surface area contributed by atoms with Crippen molar-refractivity contribution in [2.24, 2.45) is 0 Å². The maximum absolute atomic E-state index is 12.2. The summed E-state index contributed by atoms with van der Waals surface area (Å²) >= 11 is 0. The first kappa shape index (κ1) is 19.3. The fourth-order valence-corrected chi connectivity index (χ4v) is 3.33. The third-order valence-corrected chi connectivity index (χ3v) is 5.06. The second-order valence-electron chi connectivity index (χ2n) is 7.11. The Morgan fingerprint density at radius 3 is 2.93 bits per heavy atom. The van der Waals surface area contributed by atoms with Crippen molar-refractivity contribution in [1.29, 1.82) is 0 Å². The Hall–Kier alpha value is -2.44. The highest BCUT2D eigenvalue weighted by atomic mass is 16.5. The highest BCUT2D eigenvalue weighted by molar-refractivity contribution is 5.78. The lowest BCUT2D eigenvalue weighted by molar-refractivity contribution is -0.125. The topological polar surface area (TPSA) is 74.7 Å². The van der Waals surface area contributed by atoms with Crippen LogP contribution in [0, 0.1) is 13.8 Å². The van der Waals surface area contributed by atoms with Crippen LogP contribution in [0.5, 0.6) is 5.75 Å². The number of aliphatic hydroxyl groups is 1. The zero-order valence-corrected chi connectivity index (χ0v) is 15.9. The summed E-state index contributed by atoms with van der Waals surface area (Å²) < 4.78 is 5.65. The number of pyridine rings is 1. The van der Waals surface area contributed by atoms with E-state index >= 15 is 0 Å². The summed E-state index contributed by atoms with van der Waals surface area (Å²) in [5.41, 5.74) is 3.28. The highest BCUT2D eigenvalue weighted by Gasteiger charge is 2.28. The van der Waals surface area contributed by atoms with Gasteiger partial charge in [-0.3, -0.25) is 14.7 Å². The number of benzene rings is 1. The average Bonchev–Trinajstić information content (AvgIpc) is 2.66. The second-order valence-corrected chi connectivity index (χ2v) is 7.11.